The van der Waals surface area contributed by atoms with Gasteiger partial charge in [0, 0.05) is 17.1 Å². The Balaban J connectivity index is 1.82. The lowest BCUT2D eigenvalue weighted by molar-refractivity contribution is 0.464. The summed E-state index contributed by atoms with van der Waals surface area (Å²) in [6, 6.07) is 11.5. The maximum Gasteiger partial charge on any atom is 0.123 e. The smallest absolute Gasteiger partial charge is 0.123 e. The minimum absolute atomic E-state index is 0.218. The Bertz CT molecular complexity index is 560. The topological polar surface area (TPSA) is 32.3 Å². The summed E-state index contributed by atoms with van der Waals surface area (Å²) in [4.78, 5) is 0. The highest BCUT2D eigenvalue weighted by molar-refractivity contribution is 6.30. The standard InChI is InChI=1S/C15H15ClFNO/c16-13-4-5-15(19)12(9-13)10-18-7-6-11-2-1-3-14(17)8-11/h1-5,8-9,18-19H,6-7,10H2. The minimum atomic E-state index is -0.218. The van der Waals surface area contributed by atoms with Gasteiger partial charge in [-0.1, -0.05) is 23.7 Å². The van der Waals surface area contributed by atoms with E-state index in [0.29, 0.717) is 18.1 Å². The Morgan fingerprint density at radius 3 is 2.79 bits per heavy atom. The summed E-state index contributed by atoms with van der Waals surface area (Å²) in [5, 5.41) is 13.4. The molecule has 2 N–H and O–H groups in total. The minimum Gasteiger partial charge on any atom is -0.508 e. The fourth-order valence-corrected chi connectivity index (χ4v) is 2.04. The summed E-state index contributed by atoms with van der Waals surface area (Å²) in [7, 11) is 0. The van der Waals surface area contributed by atoms with Crippen molar-refractivity contribution in [2.24, 2.45) is 0 Å². The fourth-order valence-electron chi connectivity index (χ4n) is 1.84. The normalized spacial score (nSPS) is 10.6. The molecule has 2 aromatic carbocycles. The zero-order chi connectivity index (χ0) is 13.7. The molecular weight excluding hydrogens is 265 g/mol. The van der Waals surface area contributed by atoms with Crippen LogP contribution < -0.4 is 5.32 Å². The molecule has 0 amide bonds. The van der Waals surface area contributed by atoms with E-state index >= 15 is 0 Å². The SMILES string of the molecule is Oc1ccc(Cl)cc1CNCCc1cccc(F)c1. The van der Waals surface area contributed by atoms with Crippen LogP contribution in [0.25, 0.3) is 0 Å². The number of benzene rings is 2. The molecule has 4 heteroatoms. The van der Waals surface area contributed by atoms with Crippen LogP contribution in [0, 0.1) is 5.82 Å². The number of aromatic hydroxyl groups is 1. The molecule has 0 atom stereocenters. The highest BCUT2D eigenvalue weighted by Gasteiger charge is 2.02. The number of phenolic OH excluding ortho intramolecular Hbond substituents is 1. The van der Waals surface area contributed by atoms with Gasteiger partial charge in [0.1, 0.15) is 11.6 Å². The third-order valence-electron chi connectivity index (χ3n) is 2.84. The van der Waals surface area contributed by atoms with Crippen LogP contribution in [0.2, 0.25) is 5.02 Å². The molecule has 0 aliphatic heterocycles. The molecule has 0 aliphatic carbocycles. The lowest BCUT2D eigenvalue weighted by Crippen LogP contribution is -2.16. The second-order valence-electron chi connectivity index (χ2n) is 4.33. The van der Waals surface area contributed by atoms with Crippen molar-refractivity contribution in [1.82, 2.24) is 5.32 Å². The Kier molecular flexibility index (Phi) is 4.77. The van der Waals surface area contributed by atoms with E-state index in [1.165, 1.54) is 12.1 Å². The van der Waals surface area contributed by atoms with Gasteiger partial charge in [0.25, 0.3) is 0 Å². The van der Waals surface area contributed by atoms with Crippen molar-refractivity contribution in [2.75, 3.05) is 6.54 Å². The third-order valence-corrected chi connectivity index (χ3v) is 3.07. The summed E-state index contributed by atoms with van der Waals surface area (Å²) >= 11 is 5.86. The number of nitrogens with one attached hydrogen (secondary N) is 1. The zero-order valence-electron chi connectivity index (χ0n) is 10.4. The van der Waals surface area contributed by atoms with Crippen LogP contribution in [0.4, 0.5) is 4.39 Å². The van der Waals surface area contributed by atoms with Crippen LogP contribution >= 0.6 is 11.6 Å². The first-order valence-electron chi connectivity index (χ1n) is 6.08. The molecule has 0 aromatic heterocycles. The number of hydrogen-bond donors (Lipinski definition) is 2. The van der Waals surface area contributed by atoms with Gasteiger partial charge in [0.15, 0.2) is 0 Å². The molecule has 0 spiro atoms. The van der Waals surface area contributed by atoms with E-state index in [1.54, 1.807) is 24.3 Å². The summed E-state index contributed by atoms with van der Waals surface area (Å²) < 4.78 is 13.0. The fraction of sp³-hybridized carbons (Fsp3) is 0.200. The molecule has 0 fully saturated rings. The van der Waals surface area contributed by atoms with Crippen LogP contribution in [0.1, 0.15) is 11.1 Å². The molecule has 2 nitrogen and oxygen atoms in total. The lowest BCUT2D eigenvalue weighted by atomic mass is 10.1. The molecule has 19 heavy (non-hydrogen) atoms. The van der Waals surface area contributed by atoms with Gasteiger partial charge in [-0.2, -0.15) is 0 Å². The monoisotopic (exact) mass is 279 g/mol. The highest BCUT2D eigenvalue weighted by Crippen LogP contribution is 2.21. The molecule has 2 rings (SSSR count). The van der Waals surface area contributed by atoms with E-state index in [9.17, 15) is 9.50 Å². The van der Waals surface area contributed by atoms with Crippen molar-refractivity contribution in [3.8, 4) is 5.75 Å². The van der Waals surface area contributed by atoms with Crippen LogP contribution in [0.15, 0.2) is 42.5 Å². The molecule has 0 heterocycles. The molecule has 2 aromatic rings. The Morgan fingerprint density at radius 2 is 2.00 bits per heavy atom. The molecule has 100 valence electrons. The average Bonchev–Trinajstić information content (AvgIpc) is 2.39. The van der Waals surface area contributed by atoms with Crippen molar-refractivity contribution in [2.45, 2.75) is 13.0 Å². The molecule has 0 saturated carbocycles. The van der Waals surface area contributed by atoms with Gasteiger partial charge in [-0.25, -0.2) is 4.39 Å². The van der Waals surface area contributed by atoms with Crippen LogP contribution in [-0.2, 0) is 13.0 Å². The van der Waals surface area contributed by atoms with Gasteiger partial charge in [0.05, 0.1) is 0 Å². The van der Waals surface area contributed by atoms with Gasteiger partial charge >= 0.3 is 0 Å². The van der Waals surface area contributed by atoms with Gasteiger partial charge in [-0.15, -0.1) is 0 Å². The van der Waals surface area contributed by atoms with Crippen molar-refractivity contribution in [3.63, 3.8) is 0 Å². The van der Waals surface area contributed by atoms with Crippen LogP contribution in [0.5, 0.6) is 5.75 Å². The van der Waals surface area contributed by atoms with Crippen molar-refractivity contribution in [1.29, 1.82) is 0 Å². The molecule has 0 saturated heterocycles. The Hall–Kier alpha value is -1.58. The molecular formula is C15H15ClFNO. The maximum absolute atomic E-state index is 13.0. The number of hydrogen-bond acceptors (Lipinski definition) is 2. The van der Waals surface area contributed by atoms with Crippen LogP contribution in [0.3, 0.4) is 0 Å². The third kappa shape index (κ3) is 4.23. The number of phenols is 1. The van der Waals surface area contributed by atoms with E-state index in [-0.39, 0.29) is 11.6 Å². The second kappa shape index (κ2) is 6.55. The zero-order valence-corrected chi connectivity index (χ0v) is 11.1. The predicted octanol–water partition coefficient (Wildman–Crippen LogP) is 3.52. The molecule has 0 aliphatic rings. The maximum atomic E-state index is 13.0. The van der Waals surface area contributed by atoms with Gasteiger partial charge in [-0.3, -0.25) is 0 Å². The lowest BCUT2D eigenvalue weighted by Gasteiger charge is -2.07. The molecule has 0 radical (unpaired) electrons. The summed E-state index contributed by atoms with van der Waals surface area (Å²) in [6.07, 6.45) is 0.735. The number of halogens is 2. The predicted molar refractivity (Wildman–Crippen MR) is 74.9 cm³/mol. The summed E-state index contributed by atoms with van der Waals surface area (Å²) in [5.41, 5.74) is 1.70. The van der Waals surface area contributed by atoms with Crippen molar-refractivity contribution in [3.05, 3.63) is 64.4 Å². The van der Waals surface area contributed by atoms with Crippen LogP contribution in [-0.4, -0.2) is 11.7 Å². The molecule has 0 unspecified atom stereocenters. The van der Waals surface area contributed by atoms with Gasteiger partial charge in [-0.05, 0) is 48.9 Å². The van der Waals surface area contributed by atoms with Gasteiger partial charge < -0.3 is 10.4 Å². The largest absolute Gasteiger partial charge is 0.508 e. The quantitative estimate of drug-likeness (QED) is 0.821. The second-order valence-corrected chi connectivity index (χ2v) is 4.77. The van der Waals surface area contributed by atoms with E-state index in [2.05, 4.69) is 5.32 Å². The van der Waals surface area contributed by atoms with Crippen molar-refractivity contribution >= 4 is 11.6 Å². The Labute approximate surface area is 116 Å². The summed E-state index contributed by atoms with van der Waals surface area (Å²) in [5.74, 6) is 0.00708. The molecule has 0 bridgehead atoms. The van der Waals surface area contributed by atoms with Gasteiger partial charge in [0.2, 0.25) is 0 Å². The van der Waals surface area contributed by atoms with E-state index in [1.807, 2.05) is 6.07 Å². The highest BCUT2D eigenvalue weighted by atomic mass is 35.5. The Morgan fingerprint density at radius 1 is 1.16 bits per heavy atom. The van der Waals surface area contributed by atoms with E-state index < -0.39 is 0 Å². The van der Waals surface area contributed by atoms with E-state index in [0.717, 1.165) is 17.5 Å². The van der Waals surface area contributed by atoms with Crippen molar-refractivity contribution < 1.29 is 9.50 Å². The summed E-state index contributed by atoms with van der Waals surface area (Å²) in [6.45, 7) is 1.23. The first kappa shape index (κ1) is 13.8. The number of rotatable bonds is 5. The average molecular weight is 280 g/mol. The van der Waals surface area contributed by atoms with E-state index in [4.69, 9.17) is 11.6 Å². The first-order valence-corrected chi connectivity index (χ1v) is 6.45. The first-order chi connectivity index (χ1) is 9.15.